The Labute approximate surface area is 132 Å². The Bertz CT molecular complexity index is 479. The summed E-state index contributed by atoms with van der Waals surface area (Å²) in [6, 6.07) is 0.662. The Morgan fingerprint density at radius 2 is 2.05 bits per heavy atom. The summed E-state index contributed by atoms with van der Waals surface area (Å²) in [6.45, 7) is 6.34. The fourth-order valence-corrected chi connectivity index (χ4v) is 4.15. The van der Waals surface area contributed by atoms with Gasteiger partial charge >= 0.3 is 0 Å². The Hall–Kier alpha value is -0.580. The Balaban J connectivity index is 1.63. The molecule has 2 heterocycles. The standard InChI is InChI=1S/C16H27ClN4/c1-12-14(16(17)20(2)19-12)10-21-9-8-18-15(11-21)13-6-4-3-5-7-13/h13,15,18H,3-11H2,1-2H3. The largest absolute Gasteiger partial charge is 0.311 e. The molecule has 4 nitrogen and oxygen atoms in total. The molecule has 21 heavy (non-hydrogen) atoms. The van der Waals surface area contributed by atoms with Crippen molar-refractivity contribution in [3.63, 3.8) is 0 Å². The highest BCUT2D eigenvalue weighted by molar-refractivity contribution is 6.30. The summed E-state index contributed by atoms with van der Waals surface area (Å²) in [7, 11) is 1.92. The van der Waals surface area contributed by atoms with Crippen LogP contribution in [-0.2, 0) is 13.6 Å². The van der Waals surface area contributed by atoms with Crippen LogP contribution in [0, 0.1) is 12.8 Å². The van der Waals surface area contributed by atoms with Crippen molar-refractivity contribution in [2.45, 2.75) is 51.6 Å². The maximum absolute atomic E-state index is 6.38. The number of hydrogen-bond acceptors (Lipinski definition) is 3. The summed E-state index contributed by atoms with van der Waals surface area (Å²) < 4.78 is 1.78. The molecule has 1 aliphatic heterocycles. The van der Waals surface area contributed by atoms with E-state index in [2.05, 4.69) is 22.2 Å². The molecule has 2 fully saturated rings. The summed E-state index contributed by atoms with van der Waals surface area (Å²) in [4.78, 5) is 2.55. The molecule has 1 saturated carbocycles. The lowest BCUT2D eigenvalue weighted by molar-refractivity contribution is 0.141. The second-order valence-electron chi connectivity index (χ2n) is 6.67. The van der Waals surface area contributed by atoms with Gasteiger partial charge in [-0.2, -0.15) is 5.10 Å². The number of nitrogens with zero attached hydrogens (tertiary/aromatic N) is 3. The smallest absolute Gasteiger partial charge is 0.131 e. The van der Waals surface area contributed by atoms with Crippen LogP contribution in [0.1, 0.15) is 43.4 Å². The molecule has 1 aliphatic carbocycles. The number of rotatable bonds is 3. The molecule has 118 valence electrons. The minimum Gasteiger partial charge on any atom is -0.311 e. The van der Waals surface area contributed by atoms with Crippen LogP contribution in [0.4, 0.5) is 0 Å². The van der Waals surface area contributed by atoms with E-state index in [4.69, 9.17) is 11.6 Å². The number of aryl methyl sites for hydroxylation is 2. The van der Waals surface area contributed by atoms with Crippen LogP contribution < -0.4 is 5.32 Å². The van der Waals surface area contributed by atoms with E-state index in [1.54, 1.807) is 4.68 Å². The molecule has 0 radical (unpaired) electrons. The summed E-state index contributed by atoms with van der Waals surface area (Å²) in [5.41, 5.74) is 2.26. The first-order valence-electron chi connectivity index (χ1n) is 8.29. The fraction of sp³-hybridized carbons (Fsp3) is 0.812. The Morgan fingerprint density at radius 1 is 1.29 bits per heavy atom. The molecule has 2 aliphatic rings. The number of hydrogen-bond donors (Lipinski definition) is 1. The number of halogens is 1. The molecule has 3 rings (SSSR count). The monoisotopic (exact) mass is 310 g/mol. The van der Waals surface area contributed by atoms with Gasteiger partial charge in [-0.1, -0.05) is 30.9 Å². The molecule has 0 amide bonds. The highest BCUT2D eigenvalue weighted by Gasteiger charge is 2.28. The molecule has 1 atom stereocenters. The summed E-state index contributed by atoms with van der Waals surface area (Å²) in [6.07, 6.45) is 7.06. The first-order valence-corrected chi connectivity index (χ1v) is 8.66. The lowest BCUT2D eigenvalue weighted by Gasteiger charge is -2.39. The Morgan fingerprint density at radius 3 is 2.71 bits per heavy atom. The third-order valence-electron chi connectivity index (χ3n) is 5.16. The average molecular weight is 311 g/mol. The van der Waals surface area contributed by atoms with Gasteiger partial charge in [0, 0.05) is 44.8 Å². The van der Waals surface area contributed by atoms with Crippen LogP contribution in [0.2, 0.25) is 5.15 Å². The summed E-state index contributed by atoms with van der Waals surface area (Å²) >= 11 is 6.38. The van der Waals surface area contributed by atoms with E-state index in [9.17, 15) is 0 Å². The van der Waals surface area contributed by atoms with Gasteiger partial charge in [-0.05, 0) is 25.7 Å². The maximum atomic E-state index is 6.38. The van der Waals surface area contributed by atoms with Crippen LogP contribution in [0.25, 0.3) is 0 Å². The molecule has 1 unspecified atom stereocenters. The van der Waals surface area contributed by atoms with Crippen molar-refractivity contribution in [1.29, 1.82) is 0 Å². The van der Waals surface area contributed by atoms with Crippen molar-refractivity contribution in [3.8, 4) is 0 Å². The lowest BCUT2D eigenvalue weighted by Crippen LogP contribution is -2.53. The summed E-state index contributed by atoms with van der Waals surface area (Å²) in [5.74, 6) is 0.868. The van der Waals surface area contributed by atoms with Gasteiger partial charge in [-0.3, -0.25) is 9.58 Å². The molecule has 1 aromatic rings. The van der Waals surface area contributed by atoms with E-state index in [0.717, 1.165) is 42.9 Å². The van der Waals surface area contributed by atoms with Gasteiger partial charge in [0.15, 0.2) is 0 Å². The maximum Gasteiger partial charge on any atom is 0.131 e. The molecular weight excluding hydrogens is 284 g/mol. The van der Waals surface area contributed by atoms with Crippen LogP contribution in [0.3, 0.4) is 0 Å². The van der Waals surface area contributed by atoms with Crippen molar-refractivity contribution in [2.75, 3.05) is 19.6 Å². The molecule has 5 heteroatoms. The normalized spacial score (nSPS) is 25.4. The van der Waals surface area contributed by atoms with Crippen LogP contribution >= 0.6 is 11.6 Å². The molecule has 1 aromatic heterocycles. The van der Waals surface area contributed by atoms with E-state index < -0.39 is 0 Å². The van der Waals surface area contributed by atoms with Gasteiger partial charge in [0.1, 0.15) is 5.15 Å². The minimum atomic E-state index is 0.662. The molecule has 1 N–H and O–H groups in total. The highest BCUT2D eigenvalue weighted by Crippen LogP contribution is 2.28. The van der Waals surface area contributed by atoms with Crippen molar-refractivity contribution >= 4 is 11.6 Å². The van der Waals surface area contributed by atoms with Gasteiger partial charge in [0.25, 0.3) is 0 Å². The van der Waals surface area contributed by atoms with Crippen LogP contribution in [0.5, 0.6) is 0 Å². The second-order valence-corrected chi connectivity index (χ2v) is 7.03. The third-order valence-corrected chi connectivity index (χ3v) is 5.63. The van der Waals surface area contributed by atoms with E-state index >= 15 is 0 Å². The second kappa shape index (κ2) is 6.67. The molecule has 0 bridgehead atoms. The molecule has 0 spiro atoms. The van der Waals surface area contributed by atoms with E-state index in [1.807, 2.05) is 7.05 Å². The van der Waals surface area contributed by atoms with Crippen molar-refractivity contribution in [1.82, 2.24) is 20.0 Å². The predicted molar refractivity (Wildman–Crippen MR) is 86.6 cm³/mol. The van der Waals surface area contributed by atoms with Gasteiger partial charge in [-0.25, -0.2) is 0 Å². The highest BCUT2D eigenvalue weighted by atomic mass is 35.5. The number of aromatic nitrogens is 2. The van der Waals surface area contributed by atoms with Gasteiger partial charge in [-0.15, -0.1) is 0 Å². The van der Waals surface area contributed by atoms with Crippen molar-refractivity contribution in [3.05, 3.63) is 16.4 Å². The first-order chi connectivity index (χ1) is 10.1. The number of nitrogens with one attached hydrogen (secondary N) is 1. The zero-order chi connectivity index (χ0) is 14.8. The van der Waals surface area contributed by atoms with E-state index in [0.29, 0.717) is 6.04 Å². The topological polar surface area (TPSA) is 33.1 Å². The Kier molecular flexibility index (Phi) is 4.87. The molecule has 0 aromatic carbocycles. The van der Waals surface area contributed by atoms with Crippen molar-refractivity contribution < 1.29 is 0 Å². The van der Waals surface area contributed by atoms with E-state index in [-0.39, 0.29) is 0 Å². The van der Waals surface area contributed by atoms with E-state index in [1.165, 1.54) is 37.7 Å². The first kappa shape index (κ1) is 15.3. The average Bonchev–Trinajstić information content (AvgIpc) is 2.75. The zero-order valence-electron chi connectivity index (χ0n) is 13.2. The van der Waals surface area contributed by atoms with Gasteiger partial charge < -0.3 is 5.32 Å². The third kappa shape index (κ3) is 3.43. The molecule has 1 saturated heterocycles. The van der Waals surface area contributed by atoms with Crippen LogP contribution in [-0.4, -0.2) is 40.4 Å². The summed E-state index contributed by atoms with van der Waals surface area (Å²) in [5, 5.41) is 8.96. The quantitative estimate of drug-likeness (QED) is 0.932. The SMILES string of the molecule is Cc1nn(C)c(Cl)c1CN1CCNC(C2CCCCC2)C1. The fourth-order valence-electron chi connectivity index (χ4n) is 3.92. The van der Waals surface area contributed by atoms with Gasteiger partial charge in [0.2, 0.25) is 0 Å². The predicted octanol–water partition coefficient (Wildman–Crippen LogP) is 2.74. The zero-order valence-corrected chi connectivity index (χ0v) is 14.0. The lowest BCUT2D eigenvalue weighted by atomic mass is 9.83. The minimum absolute atomic E-state index is 0.662. The van der Waals surface area contributed by atoms with Gasteiger partial charge in [0.05, 0.1) is 5.69 Å². The van der Waals surface area contributed by atoms with Crippen molar-refractivity contribution in [2.24, 2.45) is 13.0 Å². The van der Waals surface area contributed by atoms with Crippen LogP contribution in [0.15, 0.2) is 0 Å². The number of piperazine rings is 1. The molecular formula is C16H27ClN4.